The predicted molar refractivity (Wildman–Crippen MR) is 79.7 cm³/mol. The van der Waals surface area contributed by atoms with E-state index in [0.717, 1.165) is 24.0 Å². The summed E-state index contributed by atoms with van der Waals surface area (Å²) < 4.78 is 0. The third-order valence-electron chi connectivity index (χ3n) is 3.93. The molecule has 2 heterocycles. The Kier molecular flexibility index (Phi) is 3.40. The second kappa shape index (κ2) is 5.21. The van der Waals surface area contributed by atoms with E-state index in [4.69, 9.17) is 0 Å². The number of nitrogens with zero attached hydrogens (tertiary/aromatic N) is 2. The van der Waals surface area contributed by atoms with Crippen LogP contribution in [0.25, 0.3) is 10.9 Å². The number of pyridine rings is 1. The molecule has 104 valence electrons. The summed E-state index contributed by atoms with van der Waals surface area (Å²) in [5.41, 5.74) is 1.49. The van der Waals surface area contributed by atoms with Crippen molar-refractivity contribution in [3.05, 3.63) is 42.1 Å². The molecule has 1 saturated heterocycles. The number of carbonyl (C=O) groups excluding carboxylic acids is 1. The summed E-state index contributed by atoms with van der Waals surface area (Å²) in [5, 5.41) is 4.36. The molecule has 1 aliphatic heterocycles. The number of carbonyl (C=O) groups is 1. The number of benzene rings is 1. The van der Waals surface area contributed by atoms with Gasteiger partial charge in [0.2, 0.25) is 0 Å². The van der Waals surface area contributed by atoms with Gasteiger partial charge in [-0.1, -0.05) is 18.2 Å². The molecule has 3 rings (SSSR count). The SMILES string of the molecule is CC1CNCC(C)N1C(=O)c1cccc2cccnc12. The van der Waals surface area contributed by atoms with Crippen molar-refractivity contribution in [3.63, 3.8) is 0 Å². The second-order valence-electron chi connectivity index (χ2n) is 5.45. The number of hydrogen-bond acceptors (Lipinski definition) is 3. The van der Waals surface area contributed by atoms with Gasteiger partial charge in [0.1, 0.15) is 0 Å². The summed E-state index contributed by atoms with van der Waals surface area (Å²) in [4.78, 5) is 19.2. The second-order valence-corrected chi connectivity index (χ2v) is 5.45. The van der Waals surface area contributed by atoms with Crippen LogP contribution in [0.15, 0.2) is 36.5 Å². The van der Waals surface area contributed by atoms with Gasteiger partial charge in [0.05, 0.1) is 11.1 Å². The molecule has 1 N–H and O–H groups in total. The first-order chi connectivity index (χ1) is 9.68. The van der Waals surface area contributed by atoms with Crippen molar-refractivity contribution in [1.29, 1.82) is 0 Å². The van der Waals surface area contributed by atoms with Gasteiger partial charge in [-0.3, -0.25) is 9.78 Å². The Morgan fingerprint density at radius 1 is 1.20 bits per heavy atom. The molecule has 1 aromatic carbocycles. The van der Waals surface area contributed by atoms with Gasteiger partial charge in [-0.2, -0.15) is 0 Å². The molecule has 0 bridgehead atoms. The van der Waals surface area contributed by atoms with E-state index in [1.54, 1.807) is 6.20 Å². The minimum atomic E-state index is 0.0794. The lowest BCUT2D eigenvalue weighted by atomic mass is 10.0. The standard InChI is InChI=1S/C16H19N3O/c1-11-9-17-10-12(2)19(11)16(20)14-7-3-5-13-6-4-8-18-15(13)14/h3-8,11-12,17H,9-10H2,1-2H3. The zero-order chi connectivity index (χ0) is 14.1. The van der Waals surface area contributed by atoms with E-state index in [0.29, 0.717) is 5.56 Å². The topological polar surface area (TPSA) is 45.2 Å². The maximum Gasteiger partial charge on any atom is 0.256 e. The number of para-hydroxylation sites is 1. The van der Waals surface area contributed by atoms with E-state index in [1.807, 2.05) is 35.2 Å². The third kappa shape index (κ3) is 2.16. The summed E-state index contributed by atoms with van der Waals surface area (Å²) in [5.74, 6) is 0.0794. The van der Waals surface area contributed by atoms with E-state index >= 15 is 0 Å². The maximum atomic E-state index is 12.9. The van der Waals surface area contributed by atoms with Crippen LogP contribution in [0.2, 0.25) is 0 Å². The smallest absolute Gasteiger partial charge is 0.256 e. The average Bonchev–Trinajstić information content (AvgIpc) is 2.46. The highest BCUT2D eigenvalue weighted by atomic mass is 16.2. The normalized spacial score (nSPS) is 23.0. The number of fused-ring (bicyclic) bond motifs is 1. The Morgan fingerprint density at radius 3 is 2.65 bits per heavy atom. The van der Waals surface area contributed by atoms with Gasteiger partial charge in [0.15, 0.2) is 0 Å². The fourth-order valence-electron chi connectivity index (χ4n) is 2.95. The van der Waals surface area contributed by atoms with Gasteiger partial charge in [-0.25, -0.2) is 0 Å². The lowest BCUT2D eigenvalue weighted by Gasteiger charge is -2.39. The van der Waals surface area contributed by atoms with Crippen molar-refractivity contribution in [3.8, 4) is 0 Å². The van der Waals surface area contributed by atoms with Crippen molar-refractivity contribution in [2.45, 2.75) is 25.9 Å². The number of amides is 1. The first-order valence-corrected chi connectivity index (χ1v) is 7.05. The molecule has 4 nitrogen and oxygen atoms in total. The van der Waals surface area contributed by atoms with Gasteiger partial charge in [0, 0.05) is 36.8 Å². The molecular weight excluding hydrogens is 250 g/mol. The quantitative estimate of drug-likeness (QED) is 0.862. The molecule has 0 radical (unpaired) electrons. The Morgan fingerprint density at radius 2 is 1.90 bits per heavy atom. The summed E-state index contributed by atoms with van der Waals surface area (Å²) in [7, 11) is 0. The molecule has 2 atom stereocenters. The number of hydrogen-bond donors (Lipinski definition) is 1. The van der Waals surface area contributed by atoms with Crippen LogP contribution >= 0.6 is 0 Å². The summed E-state index contributed by atoms with van der Waals surface area (Å²) in [6, 6.07) is 10.1. The monoisotopic (exact) mass is 269 g/mol. The molecule has 0 aliphatic carbocycles. The fraction of sp³-hybridized carbons (Fsp3) is 0.375. The van der Waals surface area contributed by atoms with Crippen molar-refractivity contribution in [1.82, 2.24) is 15.2 Å². The number of aromatic nitrogens is 1. The highest BCUT2D eigenvalue weighted by Crippen LogP contribution is 2.21. The van der Waals surface area contributed by atoms with Crippen LogP contribution in [0.1, 0.15) is 24.2 Å². The average molecular weight is 269 g/mol. The van der Waals surface area contributed by atoms with Gasteiger partial charge in [-0.15, -0.1) is 0 Å². The molecule has 0 spiro atoms. The van der Waals surface area contributed by atoms with Gasteiger partial charge in [-0.05, 0) is 26.0 Å². The number of nitrogens with one attached hydrogen (secondary N) is 1. The van der Waals surface area contributed by atoms with Crippen LogP contribution in [0, 0.1) is 0 Å². The highest BCUT2D eigenvalue weighted by Gasteiger charge is 2.30. The third-order valence-corrected chi connectivity index (χ3v) is 3.93. The molecule has 1 aliphatic rings. The Hall–Kier alpha value is -1.94. The Bertz CT molecular complexity index is 625. The van der Waals surface area contributed by atoms with E-state index in [1.165, 1.54) is 0 Å². The molecule has 20 heavy (non-hydrogen) atoms. The first-order valence-electron chi connectivity index (χ1n) is 7.05. The fourth-order valence-corrected chi connectivity index (χ4v) is 2.95. The zero-order valence-corrected chi connectivity index (χ0v) is 11.8. The zero-order valence-electron chi connectivity index (χ0n) is 11.8. The first kappa shape index (κ1) is 13.1. The van der Waals surface area contributed by atoms with Gasteiger partial charge >= 0.3 is 0 Å². The summed E-state index contributed by atoms with van der Waals surface area (Å²) in [6.45, 7) is 5.85. The lowest BCUT2D eigenvalue weighted by Crippen LogP contribution is -2.57. The number of piperazine rings is 1. The maximum absolute atomic E-state index is 12.9. The molecular formula is C16H19N3O. The van der Waals surface area contributed by atoms with Crippen molar-refractivity contribution in [2.75, 3.05) is 13.1 Å². The van der Waals surface area contributed by atoms with Crippen LogP contribution in [0.5, 0.6) is 0 Å². The molecule has 1 fully saturated rings. The molecule has 1 aromatic heterocycles. The largest absolute Gasteiger partial charge is 0.331 e. The van der Waals surface area contributed by atoms with Crippen LogP contribution < -0.4 is 5.32 Å². The van der Waals surface area contributed by atoms with E-state index in [-0.39, 0.29) is 18.0 Å². The van der Waals surface area contributed by atoms with E-state index < -0.39 is 0 Å². The Labute approximate surface area is 118 Å². The van der Waals surface area contributed by atoms with Crippen molar-refractivity contribution in [2.24, 2.45) is 0 Å². The Balaban J connectivity index is 2.04. The van der Waals surface area contributed by atoms with Crippen LogP contribution in [-0.2, 0) is 0 Å². The predicted octanol–water partition coefficient (Wildman–Crippen LogP) is 2.06. The molecule has 2 unspecified atom stereocenters. The molecule has 2 aromatic rings. The summed E-state index contributed by atoms with van der Waals surface area (Å²) >= 11 is 0. The summed E-state index contributed by atoms with van der Waals surface area (Å²) in [6.07, 6.45) is 1.74. The molecule has 0 saturated carbocycles. The van der Waals surface area contributed by atoms with Gasteiger partial charge < -0.3 is 10.2 Å². The van der Waals surface area contributed by atoms with Crippen molar-refractivity contribution >= 4 is 16.8 Å². The van der Waals surface area contributed by atoms with Gasteiger partial charge in [0.25, 0.3) is 5.91 Å². The van der Waals surface area contributed by atoms with E-state index in [2.05, 4.69) is 24.1 Å². The van der Waals surface area contributed by atoms with Crippen molar-refractivity contribution < 1.29 is 4.79 Å². The molecule has 4 heteroatoms. The van der Waals surface area contributed by atoms with Crippen LogP contribution in [0.4, 0.5) is 0 Å². The van der Waals surface area contributed by atoms with Crippen LogP contribution in [-0.4, -0.2) is 41.0 Å². The number of rotatable bonds is 1. The van der Waals surface area contributed by atoms with E-state index in [9.17, 15) is 4.79 Å². The minimum absolute atomic E-state index is 0.0794. The molecule has 1 amide bonds. The van der Waals surface area contributed by atoms with Crippen LogP contribution in [0.3, 0.4) is 0 Å². The lowest BCUT2D eigenvalue weighted by molar-refractivity contribution is 0.0546. The minimum Gasteiger partial charge on any atom is -0.331 e. The highest BCUT2D eigenvalue weighted by molar-refractivity contribution is 6.05.